The second kappa shape index (κ2) is 3.42. The van der Waals surface area contributed by atoms with Crippen LogP contribution >= 0.6 is 8.25 Å². The van der Waals surface area contributed by atoms with Gasteiger partial charge >= 0.3 is 48.9 Å². The zero-order valence-corrected chi connectivity index (χ0v) is 9.92. The van der Waals surface area contributed by atoms with Gasteiger partial charge in [-0.2, -0.15) is 0 Å². The van der Waals surface area contributed by atoms with E-state index in [1.165, 1.54) is 0 Å². The Kier molecular flexibility index (Phi) is 4.25. The van der Waals surface area contributed by atoms with Crippen LogP contribution in [0.2, 0.25) is 3.43 Å². The van der Waals surface area contributed by atoms with Gasteiger partial charge in [0.1, 0.15) is 0 Å². The molecule has 0 radical (unpaired) electrons. The molecule has 0 aliphatic rings. The Bertz CT molecular complexity index is 20.9. The van der Waals surface area contributed by atoms with Gasteiger partial charge in [0.15, 0.2) is 0 Å². The van der Waals surface area contributed by atoms with Crippen molar-refractivity contribution in [1.82, 2.24) is 0 Å². The van der Waals surface area contributed by atoms with Crippen molar-refractivity contribution < 1.29 is 23.3 Å². The first kappa shape index (κ1) is 6.23. The molecule has 0 nitrogen and oxygen atoms in total. The number of hydrogen-bond acceptors (Lipinski definition) is 0. The van der Waals surface area contributed by atoms with Crippen LogP contribution in [-0.4, -0.2) is 0 Å². The van der Waals surface area contributed by atoms with Gasteiger partial charge in [-0.15, -0.1) is 0 Å². The molecule has 0 saturated heterocycles. The Morgan fingerprint density at radius 2 is 1.80 bits per heavy atom. The first-order chi connectivity index (χ1) is 2.27. The van der Waals surface area contributed by atoms with Gasteiger partial charge in [-0.25, -0.2) is 0 Å². The van der Waals surface area contributed by atoms with Crippen molar-refractivity contribution in [3.63, 3.8) is 0 Å². The fourth-order valence-corrected chi connectivity index (χ4v) is 0. The summed E-state index contributed by atoms with van der Waals surface area (Å²) < 4.78 is 0.872. The summed E-state index contributed by atoms with van der Waals surface area (Å²) in [4.78, 5) is 0. The van der Waals surface area contributed by atoms with Gasteiger partial charge in [0, 0.05) is 0 Å². The van der Waals surface area contributed by atoms with Crippen LogP contribution in [0, 0.1) is 0 Å². The van der Waals surface area contributed by atoms with E-state index in [0.717, 1.165) is 3.43 Å². The van der Waals surface area contributed by atoms with Crippen molar-refractivity contribution in [2.45, 2.75) is 17.3 Å². The standard InChI is InChI=1S/C3H7.ClH.Hg/c1-3-2;;/h3H,1-2H3;1H;/q;;+1/p-1. The number of halogens is 1. The third-order valence-corrected chi connectivity index (χ3v) is 8.12. The second-order valence-corrected chi connectivity index (χ2v) is 11.8. The van der Waals surface area contributed by atoms with Gasteiger partial charge in [-0.1, -0.05) is 0 Å². The minimum absolute atomic E-state index is 0.753. The van der Waals surface area contributed by atoms with E-state index in [0.29, 0.717) is 0 Å². The Hall–Kier alpha value is 1.23. The number of hydrogen-bond donors (Lipinski definition) is 0. The van der Waals surface area contributed by atoms with Crippen LogP contribution in [0.1, 0.15) is 13.8 Å². The summed E-state index contributed by atoms with van der Waals surface area (Å²) in [7, 11) is 5.56. The summed E-state index contributed by atoms with van der Waals surface area (Å²) in [5.74, 6) is 0. The van der Waals surface area contributed by atoms with Gasteiger partial charge in [0.25, 0.3) is 0 Å². The van der Waals surface area contributed by atoms with Gasteiger partial charge in [0.2, 0.25) is 0 Å². The molecule has 0 fully saturated rings. The topological polar surface area (TPSA) is 0 Å². The van der Waals surface area contributed by atoms with E-state index < -0.39 is 23.3 Å². The summed E-state index contributed by atoms with van der Waals surface area (Å²) in [5, 5.41) is 0. The maximum absolute atomic E-state index is 5.56. The molecule has 0 rings (SSSR count). The average molecular weight is 279 g/mol. The van der Waals surface area contributed by atoms with Gasteiger partial charge in [-0.05, 0) is 0 Å². The molecule has 0 amide bonds. The molecule has 0 aliphatic carbocycles. The first-order valence-electron chi connectivity index (χ1n) is 1.83. The van der Waals surface area contributed by atoms with Gasteiger partial charge in [-0.3, -0.25) is 0 Å². The van der Waals surface area contributed by atoms with Crippen LogP contribution in [-0.2, 0) is 23.3 Å². The molecule has 0 aromatic carbocycles. The van der Waals surface area contributed by atoms with Crippen LogP contribution in [0.25, 0.3) is 0 Å². The summed E-state index contributed by atoms with van der Waals surface area (Å²) in [5.41, 5.74) is 0. The zero-order chi connectivity index (χ0) is 4.28. The fourth-order valence-electron chi connectivity index (χ4n) is 0. The second-order valence-electron chi connectivity index (χ2n) is 1.55. The van der Waals surface area contributed by atoms with E-state index in [9.17, 15) is 0 Å². The number of rotatable bonds is 1. The molecule has 28 valence electrons. The predicted octanol–water partition coefficient (Wildman–Crippen LogP) is 2.05. The normalized spacial score (nSPS) is 8.00. The summed E-state index contributed by atoms with van der Waals surface area (Å²) in [6.07, 6.45) is 0. The van der Waals surface area contributed by atoms with E-state index in [-0.39, 0.29) is 0 Å². The molecule has 5 heavy (non-hydrogen) atoms. The molecule has 2 heteroatoms. The molecule has 0 atom stereocenters. The molecule has 0 saturated carbocycles. The predicted molar refractivity (Wildman–Crippen MR) is 21.0 cm³/mol. The Balaban J connectivity index is 2.54. The zero-order valence-electron chi connectivity index (χ0n) is 3.66. The van der Waals surface area contributed by atoms with Crippen molar-refractivity contribution in [2.24, 2.45) is 0 Å². The average Bonchev–Trinajstić information content (AvgIpc) is 1.38. The molecule has 0 heterocycles. The van der Waals surface area contributed by atoms with Gasteiger partial charge in [0.05, 0.1) is 0 Å². The van der Waals surface area contributed by atoms with E-state index >= 15 is 0 Å². The van der Waals surface area contributed by atoms with Crippen LogP contribution in [0.5, 0.6) is 0 Å². The van der Waals surface area contributed by atoms with Crippen LogP contribution in [0.15, 0.2) is 0 Å². The van der Waals surface area contributed by atoms with Crippen LogP contribution < -0.4 is 0 Å². The monoisotopic (exact) mass is 280 g/mol. The Morgan fingerprint density at radius 3 is 1.80 bits per heavy atom. The van der Waals surface area contributed by atoms with Crippen molar-refractivity contribution in [2.75, 3.05) is 0 Å². The van der Waals surface area contributed by atoms with Gasteiger partial charge < -0.3 is 0 Å². The third-order valence-electron chi connectivity index (χ3n) is 0.309. The molecule has 0 aromatic heterocycles. The summed E-state index contributed by atoms with van der Waals surface area (Å²) >= 11 is -0.753. The molecule has 0 bridgehead atoms. The summed E-state index contributed by atoms with van der Waals surface area (Å²) in [6.45, 7) is 4.38. The quantitative estimate of drug-likeness (QED) is 0.644. The van der Waals surface area contributed by atoms with Crippen molar-refractivity contribution in [3.8, 4) is 0 Å². The molecule has 0 aliphatic heterocycles. The fraction of sp³-hybridized carbons (Fsp3) is 1.00. The Morgan fingerprint density at radius 1 is 1.60 bits per heavy atom. The van der Waals surface area contributed by atoms with Crippen LogP contribution in [0.3, 0.4) is 0 Å². The van der Waals surface area contributed by atoms with E-state index in [1.54, 1.807) is 0 Å². The van der Waals surface area contributed by atoms with Crippen molar-refractivity contribution in [1.29, 1.82) is 0 Å². The minimum atomic E-state index is -0.753. The van der Waals surface area contributed by atoms with E-state index in [2.05, 4.69) is 13.8 Å². The summed E-state index contributed by atoms with van der Waals surface area (Å²) in [6, 6.07) is 0. The molecular formula is C3H7ClHg. The van der Waals surface area contributed by atoms with E-state index in [4.69, 9.17) is 8.25 Å². The van der Waals surface area contributed by atoms with Crippen LogP contribution in [0.4, 0.5) is 0 Å². The molecule has 0 spiro atoms. The Labute approximate surface area is 48.8 Å². The van der Waals surface area contributed by atoms with Crippen molar-refractivity contribution in [3.05, 3.63) is 0 Å². The molecular weight excluding hydrogens is 272 g/mol. The SMILES string of the molecule is C[CH](C)[Hg][Cl]. The van der Waals surface area contributed by atoms with E-state index in [1.807, 2.05) is 0 Å². The maximum atomic E-state index is 5.56. The molecule has 0 aromatic rings. The third kappa shape index (κ3) is 5.23. The first-order valence-corrected chi connectivity index (χ1v) is 11.8. The molecule has 0 N–H and O–H groups in total. The molecule has 0 unspecified atom stereocenters. The van der Waals surface area contributed by atoms with Crippen molar-refractivity contribution >= 4 is 8.25 Å².